The van der Waals surface area contributed by atoms with Gasteiger partial charge < -0.3 is 9.84 Å². The van der Waals surface area contributed by atoms with Crippen molar-refractivity contribution in [1.29, 1.82) is 0 Å². The van der Waals surface area contributed by atoms with E-state index in [2.05, 4.69) is 9.46 Å². The minimum absolute atomic E-state index is 0.0448. The van der Waals surface area contributed by atoms with Crippen LogP contribution in [0.25, 0.3) is 0 Å². The highest BCUT2D eigenvalue weighted by Gasteiger charge is 2.23. The first-order chi connectivity index (χ1) is 9.92. The molecule has 0 aromatic heterocycles. The highest BCUT2D eigenvalue weighted by atomic mass is 32.2. The Balaban J connectivity index is 2.91. The van der Waals surface area contributed by atoms with Crippen LogP contribution in [0, 0.1) is 5.82 Å². The third-order valence-corrected chi connectivity index (χ3v) is 4.27. The lowest BCUT2D eigenvalue weighted by Crippen LogP contribution is -2.27. The molecule has 0 bridgehead atoms. The summed E-state index contributed by atoms with van der Waals surface area (Å²) in [7, 11) is -2.89. The lowest BCUT2D eigenvalue weighted by molar-refractivity contribution is 0.0596. The molecule has 0 aliphatic heterocycles. The Bertz CT molecular complexity index is 588. The zero-order valence-corrected chi connectivity index (χ0v) is 12.5. The Hall–Kier alpha value is -1.51. The van der Waals surface area contributed by atoms with Crippen molar-refractivity contribution in [1.82, 2.24) is 4.72 Å². The Kier molecular flexibility index (Phi) is 6.73. The molecule has 118 valence electrons. The normalized spacial score (nSPS) is 11.4. The van der Waals surface area contributed by atoms with Gasteiger partial charge >= 0.3 is 5.97 Å². The average molecular weight is 319 g/mol. The smallest absolute Gasteiger partial charge is 0.339 e. The van der Waals surface area contributed by atoms with Crippen LogP contribution in [0.1, 0.15) is 29.6 Å². The first kappa shape index (κ1) is 17.5. The first-order valence-electron chi connectivity index (χ1n) is 6.40. The molecule has 1 rings (SSSR count). The molecule has 0 fully saturated rings. The molecule has 0 aliphatic carbocycles. The summed E-state index contributed by atoms with van der Waals surface area (Å²) in [5.41, 5.74) is -0.221. The van der Waals surface area contributed by atoms with Gasteiger partial charge in [-0.1, -0.05) is 0 Å². The highest BCUT2D eigenvalue weighted by molar-refractivity contribution is 7.89. The molecular weight excluding hydrogens is 301 g/mol. The fraction of sp³-hybridized carbons (Fsp3) is 0.462. The summed E-state index contributed by atoms with van der Waals surface area (Å²) in [5.74, 6) is -1.61. The van der Waals surface area contributed by atoms with Crippen molar-refractivity contribution in [2.45, 2.75) is 24.2 Å². The predicted molar refractivity (Wildman–Crippen MR) is 73.9 cm³/mol. The van der Waals surface area contributed by atoms with Crippen LogP contribution in [0.4, 0.5) is 4.39 Å². The summed E-state index contributed by atoms with van der Waals surface area (Å²) in [4.78, 5) is 11.1. The quantitative estimate of drug-likeness (QED) is 0.552. The van der Waals surface area contributed by atoms with Crippen molar-refractivity contribution in [3.63, 3.8) is 0 Å². The minimum Gasteiger partial charge on any atom is -0.465 e. The number of ether oxygens (including phenoxy) is 1. The number of sulfonamides is 1. The molecule has 0 heterocycles. The van der Waals surface area contributed by atoms with Crippen LogP contribution < -0.4 is 4.72 Å². The summed E-state index contributed by atoms with van der Waals surface area (Å²) in [6.07, 6.45) is 1.77. The predicted octanol–water partition coefficient (Wildman–Crippen LogP) is 1.05. The van der Waals surface area contributed by atoms with Gasteiger partial charge in [0.05, 0.1) is 17.6 Å². The minimum atomic E-state index is -4.01. The summed E-state index contributed by atoms with van der Waals surface area (Å²) in [5, 5.41) is 8.63. The van der Waals surface area contributed by atoms with Crippen molar-refractivity contribution >= 4 is 16.0 Å². The molecule has 8 heteroatoms. The molecule has 0 radical (unpaired) electrons. The van der Waals surface area contributed by atoms with Crippen LogP contribution >= 0.6 is 0 Å². The van der Waals surface area contributed by atoms with E-state index in [9.17, 15) is 17.6 Å². The number of unbranched alkanes of at least 4 members (excludes halogenated alkanes) is 2. The fourth-order valence-electron chi connectivity index (χ4n) is 1.69. The molecule has 0 amide bonds. The van der Waals surface area contributed by atoms with Crippen LogP contribution in [0.2, 0.25) is 0 Å². The molecule has 0 aliphatic rings. The standard InChI is InChI=1S/C13H18FNO5S/c1-20-13(17)11-6-5-10(14)9-12(11)21(18,19)15-7-3-2-4-8-16/h5-6,9,15-16H,2-4,7-8H2,1H3. The van der Waals surface area contributed by atoms with Gasteiger partial charge in [0.25, 0.3) is 0 Å². The SMILES string of the molecule is COC(=O)c1ccc(F)cc1S(=O)(=O)NCCCCCO. The zero-order chi connectivity index (χ0) is 15.9. The van der Waals surface area contributed by atoms with E-state index in [1.165, 1.54) is 0 Å². The van der Waals surface area contributed by atoms with Gasteiger partial charge in [0.1, 0.15) is 5.82 Å². The molecule has 0 atom stereocenters. The number of methoxy groups -OCH3 is 1. The van der Waals surface area contributed by atoms with Crippen molar-refractivity contribution in [3.8, 4) is 0 Å². The van der Waals surface area contributed by atoms with Crippen molar-refractivity contribution in [2.24, 2.45) is 0 Å². The van der Waals surface area contributed by atoms with E-state index in [4.69, 9.17) is 5.11 Å². The molecule has 0 unspecified atom stereocenters. The van der Waals surface area contributed by atoms with E-state index in [-0.39, 0.29) is 18.7 Å². The molecule has 6 nitrogen and oxygen atoms in total. The number of benzene rings is 1. The average Bonchev–Trinajstić information content (AvgIpc) is 2.46. The number of rotatable bonds is 8. The lowest BCUT2D eigenvalue weighted by Gasteiger charge is -2.10. The number of aliphatic hydroxyl groups excluding tert-OH is 1. The number of carbonyl (C=O) groups is 1. The maximum atomic E-state index is 13.3. The van der Waals surface area contributed by atoms with Gasteiger partial charge in [-0.2, -0.15) is 0 Å². The number of esters is 1. The Morgan fingerprint density at radius 1 is 1.33 bits per heavy atom. The van der Waals surface area contributed by atoms with Crippen LogP contribution in [0.5, 0.6) is 0 Å². The Labute approximate surface area is 123 Å². The lowest BCUT2D eigenvalue weighted by atomic mass is 10.2. The number of halogens is 1. The van der Waals surface area contributed by atoms with E-state index >= 15 is 0 Å². The number of aliphatic hydroxyl groups is 1. The second kappa shape index (κ2) is 8.06. The molecule has 0 saturated heterocycles. The molecule has 0 saturated carbocycles. The number of carbonyl (C=O) groups excluding carboxylic acids is 1. The zero-order valence-electron chi connectivity index (χ0n) is 11.6. The number of hydrogen-bond donors (Lipinski definition) is 2. The van der Waals surface area contributed by atoms with E-state index in [1.54, 1.807) is 0 Å². The van der Waals surface area contributed by atoms with Gasteiger partial charge in [-0.3, -0.25) is 0 Å². The van der Waals surface area contributed by atoms with Gasteiger partial charge in [-0.05, 0) is 37.5 Å². The van der Waals surface area contributed by atoms with Gasteiger partial charge in [0.2, 0.25) is 10.0 Å². The van der Waals surface area contributed by atoms with Crippen LogP contribution in [0.3, 0.4) is 0 Å². The van der Waals surface area contributed by atoms with Crippen LogP contribution in [0.15, 0.2) is 23.1 Å². The first-order valence-corrected chi connectivity index (χ1v) is 7.89. The summed E-state index contributed by atoms with van der Waals surface area (Å²) in [6, 6.07) is 2.84. The summed E-state index contributed by atoms with van der Waals surface area (Å²) >= 11 is 0. The highest BCUT2D eigenvalue weighted by Crippen LogP contribution is 2.18. The van der Waals surface area contributed by atoms with E-state index in [1.807, 2.05) is 0 Å². The third-order valence-electron chi connectivity index (χ3n) is 2.77. The van der Waals surface area contributed by atoms with Gasteiger partial charge in [-0.15, -0.1) is 0 Å². The molecular formula is C13H18FNO5S. The molecule has 21 heavy (non-hydrogen) atoms. The van der Waals surface area contributed by atoms with Gasteiger partial charge in [0, 0.05) is 13.2 Å². The second-order valence-electron chi connectivity index (χ2n) is 4.31. The van der Waals surface area contributed by atoms with Gasteiger partial charge in [-0.25, -0.2) is 22.3 Å². The summed E-state index contributed by atoms with van der Waals surface area (Å²) in [6.45, 7) is 0.183. The fourth-order valence-corrected chi connectivity index (χ4v) is 2.97. The summed E-state index contributed by atoms with van der Waals surface area (Å²) < 4.78 is 44.3. The third kappa shape index (κ3) is 5.07. The van der Waals surface area contributed by atoms with Gasteiger partial charge in [0.15, 0.2) is 0 Å². The largest absolute Gasteiger partial charge is 0.465 e. The monoisotopic (exact) mass is 319 g/mol. The Morgan fingerprint density at radius 3 is 2.67 bits per heavy atom. The molecule has 2 N–H and O–H groups in total. The van der Waals surface area contributed by atoms with Crippen molar-refractivity contribution in [3.05, 3.63) is 29.6 Å². The Morgan fingerprint density at radius 2 is 2.05 bits per heavy atom. The molecule has 1 aromatic carbocycles. The number of nitrogens with one attached hydrogen (secondary N) is 1. The van der Waals surface area contributed by atoms with Crippen molar-refractivity contribution in [2.75, 3.05) is 20.3 Å². The molecule has 0 spiro atoms. The second-order valence-corrected chi connectivity index (χ2v) is 6.05. The van der Waals surface area contributed by atoms with E-state index < -0.39 is 26.7 Å². The topological polar surface area (TPSA) is 92.7 Å². The maximum Gasteiger partial charge on any atom is 0.339 e. The van der Waals surface area contributed by atoms with Crippen molar-refractivity contribution < 1.29 is 27.4 Å². The van der Waals surface area contributed by atoms with Crippen LogP contribution in [-0.4, -0.2) is 39.8 Å². The van der Waals surface area contributed by atoms with E-state index in [0.717, 1.165) is 25.3 Å². The van der Waals surface area contributed by atoms with E-state index in [0.29, 0.717) is 19.3 Å². The molecule has 1 aromatic rings. The van der Waals surface area contributed by atoms with Crippen LogP contribution in [-0.2, 0) is 14.8 Å². The maximum absolute atomic E-state index is 13.3. The number of hydrogen-bond acceptors (Lipinski definition) is 5.